The highest BCUT2D eigenvalue weighted by molar-refractivity contribution is 5.56. The first kappa shape index (κ1) is 16.8. The van der Waals surface area contributed by atoms with Gasteiger partial charge in [0.25, 0.3) is 0 Å². The fourth-order valence-electron chi connectivity index (χ4n) is 7.60. The number of allylic oxidation sites excluding steroid dienone is 1. The van der Waals surface area contributed by atoms with Crippen LogP contribution in [0.15, 0.2) is 11.6 Å². The fourth-order valence-corrected chi connectivity index (χ4v) is 7.60. The van der Waals surface area contributed by atoms with Gasteiger partial charge in [0, 0.05) is 18.4 Å². The molecule has 0 aliphatic heterocycles. The molecule has 0 aromatic carbocycles. The number of fused-ring (bicyclic) bond motifs is 3. The molecule has 134 valence electrons. The van der Waals surface area contributed by atoms with Gasteiger partial charge < -0.3 is 15.0 Å². The van der Waals surface area contributed by atoms with Crippen LogP contribution in [-0.2, 0) is 4.79 Å². The largest absolute Gasteiger partial charge is 0.396 e. The predicted octanol–water partition coefficient (Wildman–Crippen LogP) is 3.49. The van der Waals surface area contributed by atoms with Gasteiger partial charge in [-0.2, -0.15) is 0 Å². The molecule has 24 heavy (non-hydrogen) atoms. The maximum atomic E-state index is 11.2. The van der Waals surface area contributed by atoms with Crippen molar-refractivity contribution in [2.24, 2.45) is 34.0 Å². The lowest BCUT2D eigenvalue weighted by Crippen LogP contribution is -2.61. The molecule has 4 aliphatic carbocycles. The van der Waals surface area contributed by atoms with Crippen LogP contribution in [0.25, 0.3) is 0 Å². The van der Waals surface area contributed by atoms with Crippen LogP contribution in [0, 0.1) is 34.0 Å². The van der Waals surface area contributed by atoms with E-state index in [-0.39, 0.29) is 29.0 Å². The lowest BCUT2D eigenvalue weighted by Gasteiger charge is -2.65. The first-order valence-electron chi connectivity index (χ1n) is 9.84. The van der Waals surface area contributed by atoms with E-state index >= 15 is 0 Å². The highest BCUT2D eigenvalue weighted by Gasteiger charge is 2.65. The first-order chi connectivity index (χ1) is 11.4. The van der Waals surface area contributed by atoms with Gasteiger partial charge in [-0.05, 0) is 67.1 Å². The maximum absolute atomic E-state index is 11.2. The van der Waals surface area contributed by atoms with Gasteiger partial charge in [-0.3, -0.25) is 0 Å². The van der Waals surface area contributed by atoms with Gasteiger partial charge in [-0.25, -0.2) is 0 Å². The Morgan fingerprint density at radius 3 is 2.75 bits per heavy atom. The van der Waals surface area contributed by atoms with Gasteiger partial charge >= 0.3 is 0 Å². The molecule has 4 rings (SSSR count). The molecule has 1 spiro atoms. The molecule has 7 atom stereocenters. The van der Waals surface area contributed by atoms with E-state index in [4.69, 9.17) is 0 Å². The van der Waals surface area contributed by atoms with Crippen molar-refractivity contribution in [1.82, 2.24) is 0 Å². The van der Waals surface area contributed by atoms with Gasteiger partial charge in [0.05, 0.1) is 6.10 Å². The quantitative estimate of drug-likeness (QED) is 0.614. The first-order valence-corrected chi connectivity index (χ1v) is 9.84. The highest BCUT2D eigenvalue weighted by Crippen LogP contribution is 2.70. The molecular weight excluding hydrogens is 300 g/mol. The summed E-state index contributed by atoms with van der Waals surface area (Å²) in [6, 6.07) is 0. The Bertz CT molecular complexity index is 569. The molecule has 3 fully saturated rings. The van der Waals surface area contributed by atoms with E-state index in [1.807, 2.05) is 0 Å². The van der Waals surface area contributed by atoms with Crippen LogP contribution in [0.5, 0.6) is 0 Å². The lowest BCUT2D eigenvalue weighted by atomic mass is 9.40. The van der Waals surface area contributed by atoms with E-state index in [2.05, 4.69) is 19.9 Å². The zero-order valence-corrected chi connectivity index (χ0v) is 15.1. The SMILES string of the molecule is C[C@]1(CO)CCC[C@]2(C)[C@H]1C[C@H](O)[C@]13C=C(CC=O)[C@H](CC[C@@H]21)C3. The van der Waals surface area contributed by atoms with Crippen LogP contribution in [0.4, 0.5) is 0 Å². The van der Waals surface area contributed by atoms with E-state index in [0.717, 1.165) is 38.4 Å². The zero-order valence-electron chi connectivity index (χ0n) is 15.1. The molecule has 3 saturated carbocycles. The van der Waals surface area contributed by atoms with Gasteiger partial charge in [0.15, 0.2) is 0 Å². The molecule has 0 aromatic heterocycles. The number of rotatable bonds is 3. The molecule has 2 bridgehead atoms. The average molecular weight is 332 g/mol. The van der Waals surface area contributed by atoms with Crippen molar-refractivity contribution < 1.29 is 15.0 Å². The normalized spacial score (nSPS) is 53.1. The van der Waals surface area contributed by atoms with Crippen LogP contribution < -0.4 is 0 Å². The van der Waals surface area contributed by atoms with Crippen molar-refractivity contribution in [2.75, 3.05) is 6.61 Å². The second-order valence-electron chi connectivity index (χ2n) is 9.71. The van der Waals surface area contributed by atoms with Crippen molar-refractivity contribution in [3.8, 4) is 0 Å². The molecule has 4 aliphatic rings. The monoisotopic (exact) mass is 332 g/mol. The van der Waals surface area contributed by atoms with Gasteiger partial charge in [-0.1, -0.05) is 31.9 Å². The summed E-state index contributed by atoms with van der Waals surface area (Å²) < 4.78 is 0. The minimum absolute atomic E-state index is 0.0552. The van der Waals surface area contributed by atoms with Crippen LogP contribution in [0.3, 0.4) is 0 Å². The summed E-state index contributed by atoms with van der Waals surface area (Å²) in [5.74, 6) is 1.40. The minimum atomic E-state index is -0.323. The second-order valence-corrected chi connectivity index (χ2v) is 9.71. The summed E-state index contributed by atoms with van der Waals surface area (Å²) in [7, 11) is 0. The maximum Gasteiger partial charge on any atom is 0.124 e. The van der Waals surface area contributed by atoms with E-state index in [1.54, 1.807) is 0 Å². The van der Waals surface area contributed by atoms with E-state index in [0.29, 0.717) is 24.2 Å². The fraction of sp³-hybridized carbons (Fsp3) is 0.857. The number of aliphatic hydroxyl groups excluding tert-OH is 2. The summed E-state index contributed by atoms with van der Waals surface area (Å²) in [6.07, 6.45) is 11.2. The van der Waals surface area contributed by atoms with Crippen molar-refractivity contribution in [2.45, 2.75) is 71.3 Å². The van der Waals surface area contributed by atoms with Crippen LogP contribution in [0.2, 0.25) is 0 Å². The van der Waals surface area contributed by atoms with Gasteiger partial charge in [0.1, 0.15) is 6.29 Å². The van der Waals surface area contributed by atoms with E-state index < -0.39 is 0 Å². The second kappa shape index (κ2) is 5.41. The zero-order chi connectivity index (χ0) is 17.2. The third-order valence-corrected chi connectivity index (χ3v) is 8.69. The Balaban J connectivity index is 1.77. The molecule has 3 heteroatoms. The molecular formula is C21H32O3. The Kier molecular flexibility index (Phi) is 3.78. The molecule has 0 heterocycles. The smallest absolute Gasteiger partial charge is 0.124 e. The summed E-state index contributed by atoms with van der Waals surface area (Å²) in [5.41, 5.74) is 1.32. The van der Waals surface area contributed by atoms with Crippen molar-refractivity contribution >= 4 is 6.29 Å². The highest BCUT2D eigenvalue weighted by atomic mass is 16.3. The molecule has 0 saturated heterocycles. The van der Waals surface area contributed by atoms with E-state index in [1.165, 1.54) is 18.4 Å². The minimum Gasteiger partial charge on any atom is -0.396 e. The summed E-state index contributed by atoms with van der Waals surface area (Å²) >= 11 is 0. The van der Waals surface area contributed by atoms with Crippen molar-refractivity contribution in [3.63, 3.8) is 0 Å². The van der Waals surface area contributed by atoms with Crippen LogP contribution >= 0.6 is 0 Å². The molecule has 0 unspecified atom stereocenters. The molecule has 0 aromatic rings. The Hall–Kier alpha value is -0.670. The number of hydrogen-bond acceptors (Lipinski definition) is 3. The number of carbonyl (C=O) groups is 1. The van der Waals surface area contributed by atoms with Gasteiger partial charge in [0.2, 0.25) is 0 Å². The number of carbonyl (C=O) groups excluding carboxylic acids is 1. The Labute approximate surface area is 145 Å². The summed E-state index contributed by atoms with van der Waals surface area (Å²) in [5, 5.41) is 21.3. The van der Waals surface area contributed by atoms with Crippen LogP contribution in [0.1, 0.15) is 65.2 Å². The molecule has 0 amide bonds. The topological polar surface area (TPSA) is 57.5 Å². The average Bonchev–Trinajstić information content (AvgIpc) is 2.83. The molecule has 3 nitrogen and oxygen atoms in total. The standard InChI is InChI=1S/C21H32O3/c1-19(13-23)7-3-8-20(2)16-5-4-14-11-21(16,12-15(14)6-9-22)18(24)10-17(19)20/h9,12,14,16-18,23-24H,3-8,10-11,13H2,1-2H3/t14-,16+,17+,18+,19-,20+,21-/m1/s1. The number of aliphatic hydroxyl groups is 2. The Morgan fingerprint density at radius 2 is 2.04 bits per heavy atom. The number of hydrogen-bond donors (Lipinski definition) is 2. The molecule has 0 radical (unpaired) electrons. The van der Waals surface area contributed by atoms with Crippen LogP contribution in [-0.4, -0.2) is 29.2 Å². The van der Waals surface area contributed by atoms with E-state index in [9.17, 15) is 15.0 Å². The number of aldehydes is 1. The third kappa shape index (κ3) is 2.00. The third-order valence-electron chi connectivity index (χ3n) is 8.69. The Morgan fingerprint density at radius 1 is 1.25 bits per heavy atom. The van der Waals surface area contributed by atoms with Crippen molar-refractivity contribution in [1.29, 1.82) is 0 Å². The molecule has 2 N–H and O–H groups in total. The lowest BCUT2D eigenvalue weighted by molar-refractivity contribution is -0.193. The predicted molar refractivity (Wildman–Crippen MR) is 93.3 cm³/mol. The summed E-state index contributed by atoms with van der Waals surface area (Å²) in [6.45, 7) is 4.90. The van der Waals surface area contributed by atoms with Gasteiger partial charge in [-0.15, -0.1) is 0 Å². The summed E-state index contributed by atoms with van der Waals surface area (Å²) in [4.78, 5) is 11.1. The van der Waals surface area contributed by atoms with Crippen molar-refractivity contribution in [3.05, 3.63) is 11.6 Å².